The first-order chi connectivity index (χ1) is 7.27. The van der Waals surface area contributed by atoms with Crippen LogP contribution in [-0.2, 0) is 0 Å². The number of nitrogens with one attached hydrogen (secondary N) is 1. The predicted octanol–water partition coefficient (Wildman–Crippen LogP) is 1.81. The summed E-state index contributed by atoms with van der Waals surface area (Å²) in [5, 5.41) is 3.64. The minimum atomic E-state index is 0.701. The molecule has 1 N–H and O–H groups in total. The van der Waals surface area contributed by atoms with Gasteiger partial charge in [-0.2, -0.15) is 11.8 Å². The van der Waals surface area contributed by atoms with Gasteiger partial charge in [-0.3, -0.25) is 4.90 Å². The zero-order valence-electron chi connectivity index (χ0n) is 10.0. The Morgan fingerprint density at radius 2 is 2.20 bits per heavy atom. The van der Waals surface area contributed by atoms with Crippen LogP contribution in [0.25, 0.3) is 0 Å². The number of nitrogens with zero attached hydrogens (tertiary/aromatic N) is 1. The Morgan fingerprint density at radius 3 is 2.80 bits per heavy atom. The van der Waals surface area contributed by atoms with Crippen LogP contribution in [0.5, 0.6) is 0 Å². The first-order valence-electron chi connectivity index (χ1n) is 6.27. The lowest BCUT2D eigenvalue weighted by Gasteiger charge is -2.25. The summed E-state index contributed by atoms with van der Waals surface area (Å²) in [6.07, 6.45) is 4.25. The van der Waals surface area contributed by atoms with Gasteiger partial charge in [0.05, 0.1) is 0 Å². The zero-order valence-corrected chi connectivity index (χ0v) is 10.9. The second-order valence-corrected chi connectivity index (χ2v) is 6.28. The van der Waals surface area contributed by atoms with E-state index >= 15 is 0 Å². The maximum atomic E-state index is 3.64. The van der Waals surface area contributed by atoms with Gasteiger partial charge in [-0.1, -0.05) is 0 Å². The summed E-state index contributed by atoms with van der Waals surface area (Å²) in [5.41, 5.74) is 0. The summed E-state index contributed by atoms with van der Waals surface area (Å²) in [6, 6.07) is 1.59. The third kappa shape index (κ3) is 3.65. The lowest BCUT2D eigenvalue weighted by molar-refractivity contribution is 0.239. The number of hydrogen-bond acceptors (Lipinski definition) is 3. The van der Waals surface area contributed by atoms with Crippen molar-refractivity contribution in [2.75, 3.05) is 31.6 Å². The number of hydrogen-bond donors (Lipinski definition) is 1. The summed E-state index contributed by atoms with van der Waals surface area (Å²) >= 11 is 2.11. The Bertz CT molecular complexity index is 188. The van der Waals surface area contributed by atoms with E-state index in [1.807, 2.05) is 0 Å². The van der Waals surface area contributed by atoms with Gasteiger partial charge in [-0.05, 0) is 57.2 Å². The van der Waals surface area contributed by atoms with Crippen molar-refractivity contribution in [1.82, 2.24) is 10.2 Å². The number of rotatable bonds is 6. The first kappa shape index (κ1) is 11.7. The number of thioether (sulfide) groups is 1. The predicted molar refractivity (Wildman–Crippen MR) is 68.5 cm³/mol. The summed E-state index contributed by atoms with van der Waals surface area (Å²) < 4.78 is 0. The van der Waals surface area contributed by atoms with E-state index in [4.69, 9.17) is 0 Å². The lowest BCUT2D eigenvalue weighted by atomic mass is 10.1. The van der Waals surface area contributed by atoms with Crippen molar-refractivity contribution in [2.24, 2.45) is 5.92 Å². The van der Waals surface area contributed by atoms with Gasteiger partial charge in [0.25, 0.3) is 0 Å². The van der Waals surface area contributed by atoms with E-state index in [0.717, 1.165) is 18.5 Å². The van der Waals surface area contributed by atoms with Gasteiger partial charge < -0.3 is 5.32 Å². The zero-order chi connectivity index (χ0) is 10.7. The molecule has 3 heteroatoms. The Hall–Kier alpha value is 0.270. The highest BCUT2D eigenvalue weighted by Gasteiger charge is 2.28. The third-order valence-corrected chi connectivity index (χ3v) is 4.95. The van der Waals surface area contributed by atoms with E-state index in [2.05, 4.69) is 35.9 Å². The molecule has 88 valence electrons. The first-order valence-corrected chi connectivity index (χ1v) is 7.43. The van der Waals surface area contributed by atoms with E-state index in [-0.39, 0.29) is 0 Å². The molecule has 2 nitrogen and oxygen atoms in total. The molecule has 0 bridgehead atoms. The highest BCUT2D eigenvalue weighted by molar-refractivity contribution is 7.99. The molecule has 2 aliphatic rings. The van der Waals surface area contributed by atoms with Crippen molar-refractivity contribution in [3.05, 3.63) is 0 Å². The molecule has 1 aliphatic heterocycles. The van der Waals surface area contributed by atoms with Crippen molar-refractivity contribution >= 4 is 11.8 Å². The Labute approximate surface area is 98.2 Å². The van der Waals surface area contributed by atoms with E-state index in [1.165, 1.54) is 37.3 Å². The van der Waals surface area contributed by atoms with Gasteiger partial charge in [-0.15, -0.1) is 0 Å². The van der Waals surface area contributed by atoms with Gasteiger partial charge in [-0.25, -0.2) is 0 Å². The molecule has 2 rings (SSSR count). The summed E-state index contributed by atoms with van der Waals surface area (Å²) in [7, 11) is 2.27. The van der Waals surface area contributed by atoms with Gasteiger partial charge in [0.1, 0.15) is 0 Å². The molecule has 2 unspecified atom stereocenters. The molecule has 15 heavy (non-hydrogen) atoms. The summed E-state index contributed by atoms with van der Waals surface area (Å²) in [4.78, 5) is 2.54. The third-order valence-electron chi connectivity index (χ3n) is 3.71. The fourth-order valence-electron chi connectivity index (χ4n) is 2.23. The maximum absolute atomic E-state index is 3.64. The molecular weight excluding hydrogens is 204 g/mol. The highest BCUT2D eigenvalue weighted by Crippen LogP contribution is 2.26. The Balaban J connectivity index is 1.55. The average molecular weight is 228 g/mol. The molecule has 0 aromatic rings. The van der Waals surface area contributed by atoms with Crippen LogP contribution in [0.2, 0.25) is 0 Å². The van der Waals surface area contributed by atoms with E-state index in [9.17, 15) is 0 Å². The molecule has 1 aliphatic carbocycles. The van der Waals surface area contributed by atoms with Gasteiger partial charge in [0.15, 0.2) is 0 Å². The van der Waals surface area contributed by atoms with Gasteiger partial charge in [0, 0.05) is 18.6 Å². The molecule has 0 radical (unpaired) electrons. The molecule has 0 amide bonds. The van der Waals surface area contributed by atoms with Crippen molar-refractivity contribution in [3.8, 4) is 0 Å². The molecule has 0 aromatic carbocycles. The molecule has 1 heterocycles. The SMILES string of the molecule is CC(CNCC1CCSC1)N(C)C1CC1. The Kier molecular flexibility index (Phi) is 4.35. The highest BCUT2D eigenvalue weighted by atomic mass is 32.2. The van der Waals surface area contributed by atoms with Crippen LogP contribution < -0.4 is 5.32 Å². The summed E-state index contributed by atoms with van der Waals surface area (Å²) in [5.74, 6) is 3.69. The minimum absolute atomic E-state index is 0.701. The molecule has 0 aromatic heterocycles. The van der Waals surface area contributed by atoms with Crippen LogP contribution in [0, 0.1) is 5.92 Å². The van der Waals surface area contributed by atoms with Crippen LogP contribution in [0.1, 0.15) is 26.2 Å². The van der Waals surface area contributed by atoms with Crippen molar-refractivity contribution < 1.29 is 0 Å². The fourth-order valence-corrected chi connectivity index (χ4v) is 3.51. The largest absolute Gasteiger partial charge is 0.315 e. The van der Waals surface area contributed by atoms with Crippen LogP contribution in [0.3, 0.4) is 0 Å². The fraction of sp³-hybridized carbons (Fsp3) is 1.00. The second kappa shape index (κ2) is 5.55. The monoisotopic (exact) mass is 228 g/mol. The lowest BCUT2D eigenvalue weighted by Crippen LogP contribution is -2.40. The van der Waals surface area contributed by atoms with Crippen LogP contribution in [0.15, 0.2) is 0 Å². The van der Waals surface area contributed by atoms with Crippen molar-refractivity contribution in [2.45, 2.75) is 38.3 Å². The maximum Gasteiger partial charge on any atom is 0.0192 e. The molecule has 2 atom stereocenters. The van der Waals surface area contributed by atoms with Crippen molar-refractivity contribution in [1.29, 1.82) is 0 Å². The summed E-state index contributed by atoms with van der Waals surface area (Å²) in [6.45, 7) is 4.73. The molecule has 1 saturated carbocycles. The van der Waals surface area contributed by atoms with Crippen LogP contribution in [-0.4, -0.2) is 48.6 Å². The van der Waals surface area contributed by atoms with E-state index in [0.29, 0.717) is 6.04 Å². The quantitative estimate of drug-likeness (QED) is 0.746. The second-order valence-electron chi connectivity index (χ2n) is 5.13. The van der Waals surface area contributed by atoms with E-state index < -0.39 is 0 Å². The van der Waals surface area contributed by atoms with Crippen LogP contribution >= 0.6 is 11.8 Å². The molecule has 1 saturated heterocycles. The van der Waals surface area contributed by atoms with Crippen LogP contribution in [0.4, 0.5) is 0 Å². The van der Waals surface area contributed by atoms with E-state index in [1.54, 1.807) is 0 Å². The number of likely N-dealkylation sites (N-methyl/N-ethyl adjacent to an activating group) is 1. The normalized spacial score (nSPS) is 28.6. The Morgan fingerprint density at radius 1 is 1.40 bits per heavy atom. The molecule has 0 spiro atoms. The molecule has 2 fully saturated rings. The minimum Gasteiger partial charge on any atom is -0.315 e. The van der Waals surface area contributed by atoms with Crippen molar-refractivity contribution in [3.63, 3.8) is 0 Å². The standard InChI is InChI=1S/C12H24N2S/c1-10(14(2)12-3-4-12)7-13-8-11-5-6-15-9-11/h10-13H,3-9H2,1-2H3. The van der Waals surface area contributed by atoms with Gasteiger partial charge >= 0.3 is 0 Å². The smallest absolute Gasteiger partial charge is 0.0192 e. The topological polar surface area (TPSA) is 15.3 Å². The van der Waals surface area contributed by atoms with Gasteiger partial charge in [0.2, 0.25) is 0 Å². The average Bonchev–Trinajstić information content (AvgIpc) is 2.96. The molecular formula is C12H24N2S.